The first-order valence-corrected chi connectivity index (χ1v) is 8.52. The van der Waals surface area contributed by atoms with Crippen LogP contribution in [-0.2, 0) is 6.54 Å². The fourth-order valence-electron chi connectivity index (χ4n) is 2.84. The van der Waals surface area contributed by atoms with Crippen LogP contribution >= 0.6 is 0 Å². The molecule has 0 aliphatic carbocycles. The third-order valence-corrected chi connectivity index (χ3v) is 4.11. The number of hydrogen-bond donors (Lipinski definition) is 1. The van der Waals surface area contributed by atoms with Gasteiger partial charge in [-0.3, -0.25) is 9.48 Å². The average molecular weight is 363 g/mol. The van der Waals surface area contributed by atoms with Crippen molar-refractivity contribution in [1.82, 2.24) is 14.8 Å². The molecule has 2 heterocycles. The minimum absolute atomic E-state index is 0.143. The summed E-state index contributed by atoms with van der Waals surface area (Å²) in [6, 6.07) is 13.8. The van der Waals surface area contributed by atoms with E-state index in [1.165, 1.54) is 18.5 Å². The van der Waals surface area contributed by atoms with Crippen molar-refractivity contribution in [1.29, 1.82) is 0 Å². The van der Waals surface area contributed by atoms with Crippen LogP contribution in [0, 0.1) is 0 Å². The predicted molar refractivity (Wildman–Crippen MR) is 99.7 cm³/mol. The third-order valence-electron chi connectivity index (χ3n) is 4.11. The number of nitrogens with zero attached hydrogens (tertiary/aromatic N) is 3. The number of benzene rings is 2. The first-order valence-electron chi connectivity index (χ1n) is 8.52. The molecule has 1 N–H and O–H groups in total. The van der Waals surface area contributed by atoms with E-state index in [4.69, 9.17) is 9.15 Å². The summed E-state index contributed by atoms with van der Waals surface area (Å²) in [6.07, 6.45) is 3.84. The van der Waals surface area contributed by atoms with Gasteiger partial charge in [0, 0.05) is 36.7 Å². The maximum absolute atomic E-state index is 12.4. The third kappa shape index (κ3) is 3.67. The predicted octanol–water partition coefficient (Wildman–Crippen LogP) is 3.23. The molecule has 2 aromatic carbocycles. The lowest BCUT2D eigenvalue weighted by molar-refractivity contribution is 0.297. The van der Waals surface area contributed by atoms with E-state index in [-0.39, 0.29) is 22.1 Å². The molecule has 27 heavy (non-hydrogen) atoms. The van der Waals surface area contributed by atoms with Crippen molar-refractivity contribution in [3.63, 3.8) is 0 Å². The minimum atomic E-state index is -0.301. The molecule has 0 aliphatic rings. The molecule has 7 heteroatoms. The molecule has 0 aliphatic heterocycles. The molecule has 0 bridgehead atoms. The van der Waals surface area contributed by atoms with Crippen LogP contribution in [0.4, 0.5) is 0 Å². The molecule has 0 atom stereocenters. The van der Waals surface area contributed by atoms with Gasteiger partial charge in [0.15, 0.2) is 5.43 Å². The first kappa shape index (κ1) is 16.8. The highest BCUT2D eigenvalue weighted by molar-refractivity contribution is 5.86. The van der Waals surface area contributed by atoms with Crippen molar-refractivity contribution in [3.05, 3.63) is 71.4 Å². The number of aromatic nitrogens is 3. The van der Waals surface area contributed by atoms with Gasteiger partial charge in [0.2, 0.25) is 0 Å². The normalized spacial score (nSPS) is 11.0. The monoisotopic (exact) mass is 363 g/mol. The van der Waals surface area contributed by atoms with E-state index in [0.717, 1.165) is 12.0 Å². The quantitative estimate of drug-likeness (QED) is 0.529. The summed E-state index contributed by atoms with van der Waals surface area (Å²) in [5, 5.41) is 14.4. The Morgan fingerprint density at radius 2 is 2.00 bits per heavy atom. The van der Waals surface area contributed by atoms with Gasteiger partial charge in [-0.05, 0) is 0 Å². The Hall–Kier alpha value is -3.61. The number of fused-ring (bicyclic) bond motifs is 1. The molecule has 0 saturated carbocycles. The number of phenolic OH excluding ortho intramolecular Hbond substituents is 1. The van der Waals surface area contributed by atoms with E-state index in [1.54, 1.807) is 17.1 Å². The maximum Gasteiger partial charge on any atom is 0.197 e. The zero-order valence-corrected chi connectivity index (χ0v) is 14.4. The lowest BCUT2D eigenvalue weighted by Crippen LogP contribution is -2.05. The summed E-state index contributed by atoms with van der Waals surface area (Å²) in [6.45, 7) is 1.10. The Labute approximate surface area is 154 Å². The zero-order valence-electron chi connectivity index (χ0n) is 14.4. The number of ether oxygens (including phenoxy) is 1. The number of aryl methyl sites for hydroxylation is 1. The van der Waals surface area contributed by atoms with Gasteiger partial charge >= 0.3 is 0 Å². The summed E-state index contributed by atoms with van der Waals surface area (Å²) in [4.78, 5) is 16.3. The lowest BCUT2D eigenvalue weighted by Gasteiger charge is -2.09. The number of aromatic hydroxyl groups is 1. The molecular weight excluding hydrogens is 346 g/mol. The Balaban J connectivity index is 1.58. The Kier molecular flexibility index (Phi) is 4.57. The second-order valence-corrected chi connectivity index (χ2v) is 6.02. The van der Waals surface area contributed by atoms with Gasteiger partial charge < -0.3 is 14.3 Å². The second kappa shape index (κ2) is 7.33. The highest BCUT2D eigenvalue weighted by atomic mass is 16.5. The molecule has 136 valence electrons. The maximum atomic E-state index is 12.4. The minimum Gasteiger partial charge on any atom is -0.507 e. The van der Waals surface area contributed by atoms with Gasteiger partial charge in [-0.15, -0.1) is 0 Å². The summed E-state index contributed by atoms with van der Waals surface area (Å²) in [5.74, 6) is 0.718. The molecule has 0 radical (unpaired) electrons. The molecule has 7 nitrogen and oxygen atoms in total. The average Bonchev–Trinajstić information content (AvgIpc) is 3.19. The zero-order chi connectivity index (χ0) is 18.6. The molecule has 0 spiro atoms. The molecule has 2 aromatic heterocycles. The molecule has 0 unspecified atom stereocenters. The van der Waals surface area contributed by atoms with Gasteiger partial charge in [0.25, 0.3) is 0 Å². The van der Waals surface area contributed by atoms with E-state index in [9.17, 15) is 9.90 Å². The van der Waals surface area contributed by atoms with Crippen LogP contribution in [0.3, 0.4) is 0 Å². The Morgan fingerprint density at radius 3 is 2.78 bits per heavy atom. The summed E-state index contributed by atoms with van der Waals surface area (Å²) >= 11 is 0. The fourth-order valence-corrected chi connectivity index (χ4v) is 2.84. The van der Waals surface area contributed by atoms with E-state index in [2.05, 4.69) is 10.1 Å². The number of phenols is 1. The molecule has 4 aromatic rings. The number of hydrogen-bond acceptors (Lipinski definition) is 6. The second-order valence-electron chi connectivity index (χ2n) is 6.02. The van der Waals surface area contributed by atoms with Crippen LogP contribution < -0.4 is 10.2 Å². The van der Waals surface area contributed by atoms with Gasteiger partial charge in [-0.2, -0.15) is 5.10 Å². The van der Waals surface area contributed by atoms with E-state index in [1.807, 2.05) is 30.3 Å². The number of rotatable bonds is 6. The smallest absolute Gasteiger partial charge is 0.197 e. The lowest BCUT2D eigenvalue weighted by atomic mass is 10.1. The molecule has 0 fully saturated rings. The van der Waals surface area contributed by atoms with Crippen LogP contribution in [0.1, 0.15) is 6.42 Å². The van der Waals surface area contributed by atoms with Gasteiger partial charge in [0.1, 0.15) is 40.9 Å². The van der Waals surface area contributed by atoms with Crippen LogP contribution in [0.5, 0.6) is 11.5 Å². The van der Waals surface area contributed by atoms with E-state index < -0.39 is 0 Å². The van der Waals surface area contributed by atoms with Crippen molar-refractivity contribution in [2.75, 3.05) is 6.61 Å². The fraction of sp³-hybridized carbons (Fsp3) is 0.150. The van der Waals surface area contributed by atoms with Crippen molar-refractivity contribution >= 4 is 11.0 Å². The summed E-state index contributed by atoms with van der Waals surface area (Å²) in [7, 11) is 0. The van der Waals surface area contributed by atoms with Gasteiger partial charge in [0.05, 0.1) is 6.61 Å². The van der Waals surface area contributed by atoms with Crippen LogP contribution in [0.2, 0.25) is 0 Å². The Morgan fingerprint density at radius 1 is 1.15 bits per heavy atom. The largest absolute Gasteiger partial charge is 0.507 e. The Bertz CT molecular complexity index is 1110. The highest BCUT2D eigenvalue weighted by Gasteiger charge is 2.12. The van der Waals surface area contributed by atoms with Crippen molar-refractivity contribution < 1.29 is 14.3 Å². The van der Waals surface area contributed by atoms with E-state index >= 15 is 0 Å². The topological polar surface area (TPSA) is 90.4 Å². The van der Waals surface area contributed by atoms with Gasteiger partial charge in [-0.25, -0.2) is 4.98 Å². The highest BCUT2D eigenvalue weighted by Crippen LogP contribution is 2.31. The molecule has 0 saturated heterocycles. The van der Waals surface area contributed by atoms with E-state index in [0.29, 0.717) is 24.7 Å². The molecular formula is C20H17N3O4. The molecule has 4 rings (SSSR count). The van der Waals surface area contributed by atoms with Crippen molar-refractivity contribution in [3.8, 4) is 22.8 Å². The van der Waals surface area contributed by atoms with Gasteiger partial charge in [-0.1, -0.05) is 30.3 Å². The van der Waals surface area contributed by atoms with Crippen LogP contribution in [0.25, 0.3) is 22.3 Å². The van der Waals surface area contributed by atoms with Crippen molar-refractivity contribution in [2.24, 2.45) is 0 Å². The molecule has 0 amide bonds. The first-order chi connectivity index (χ1) is 13.2. The van der Waals surface area contributed by atoms with Crippen LogP contribution in [0.15, 0.2) is 70.4 Å². The summed E-state index contributed by atoms with van der Waals surface area (Å²) in [5.41, 5.74) is 0.771. The SMILES string of the molecule is O=c1cc(-c2ccccc2)oc2cc(OCCCn3cncn3)cc(O)c12. The standard InChI is InChI=1S/C20H17N3O4/c24-16-9-15(26-8-4-7-23-13-21-12-22-23)10-19-20(16)17(25)11-18(27-19)14-5-2-1-3-6-14/h1-3,5-6,9-13,24H,4,7-8H2. The van der Waals surface area contributed by atoms with Crippen LogP contribution in [-0.4, -0.2) is 26.5 Å². The van der Waals surface area contributed by atoms with Crippen molar-refractivity contribution in [2.45, 2.75) is 13.0 Å². The summed E-state index contributed by atoms with van der Waals surface area (Å²) < 4.78 is 13.3.